The maximum absolute atomic E-state index is 12.2. The number of carbonyl (C=O) groups is 2. The first-order chi connectivity index (χ1) is 11.2. The van der Waals surface area contributed by atoms with E-state index < -0.39 is 0 Å². The van der Waals surface area contributed by atoms with Gasteiger partial charge in [-0.2, -0.15) is 0 Å². The third-order valence-corrected chi connectivity index (χ3v) is 4.07. The Labute approximate surface area is 134 Å². The van der Waals surface area contributed by atoms with Crippen LogP contribution < -0.4 is 5.32 Å². The topological polar surface area (TPSA) is 60.3 Å². The number of nitrogens with zero attached hydrogens (tertiary/aromatic N) is 1. The first kappa shape index (κ1) is 15.2. The third-order valence-electron chi connectivity index (χ3n) is 4.07. The van der Waals surface area contributed by atoms with Crippen molar-refractivity contribution in [3.8, 4) is 12.3 Å². The minimum absolute atomic E-state index is 0.0253. The zero-order valence-electron chi connectivity index (χ0n) is 12.7. The molecule has 0 aliphatic carbocycles. The number of nitrogens with one attached hydrogen (secondary N) is 1. The van der Waals surface area contributed by atoms with Crippen molar-refractivity contribution in [2.45, 2.75) is 25.3 Å². The third kappa shape index (κ3) is 3.07. The quantitative estimate of drug-likeness (QED) is 0.692. The average Bonchev–Trinajstić information content (AvgIpc) is 2.92. The molecule has 1 N–H and O–H groups in total. The number of rotatable bonds is 4. The molecule has 0 spiro atoms. The van der Waals surface area contributed by atoms with Crippen LogP contribution >= 0.6 is 0 Å². The Morgan fingerprint density at radius 2 is 2.26 bits per heavy atom. The molecule has 3 rings (SSSR count). The number of amides is 1. The number of benzene rings is 1. The molecule has 0 saturated carbocycles. The number of piperidine rings is 1. The van der Waals surface area contributed by atoms with Crippen molar-refractivity contribution in [3.63, 3.8) is 0 Å². The molecule has 1 aliphatic heterocycles. The largest absolute Gasteiger partial charge is 0.452 e. The van der Waals surface area contributed by atoms with Crippen LogP contribution in [-0.2, 0) is 20.7 Å². The van der Waals surface area contributed by atoms with Crippen molar-refractivity contribution in [2.24, 2.45) is 0 Å². The number of hydrogen-bond acceptors (Lipinski definition) is 3. The summed E-state index contributed by atoms with van der Waals surface area (Å²) in [6.07, 6.45) is 8.87. The highest BCUT2D eigenvalue weighted by Gasteiger charge is 2.26. The number of hydrogen-bond donors (Lipinski definition) is 1. The van der Waals surface area contributed by atoms with E-state index >= 15 is 0 Å². The van der Waals surface area contributed by atoms with Gasteiger partial charge in [0.15, 0.2) is 6.61 Å². The number of carbonyl (C=O) groups excluding carboxylic acids is 2. The first-order valence-electron chi connectivity index (χ1n) is 7.66. The van der Waals surface area contributed by atoms with Crippen molar-refractivity contribution < 1.29 is 14.3 Å². The van der Waals surface area contributed by atoms with Gasteiger partial charge in [0.05, 0.1) is 6.42 Å². The van der Waals surface area contributed by atoms with Crippen molar-refractivity contribution in [3.05, 3.63) is 36.0 Å². The second kappa shape index (κ2) is 6.57. The van der Waals surface area contributed by atoms with Crippen molar-refractivity contribution in [1.82, 2.24) is 9.88 Å². The molecule has 2 heterocycles. The fourth-order valence-electron chi connectivity index (χ4n) is 3.03. The molecule has 2 aromatic rings. The number of terminal acetylenes is 1. The van der Waals surface area contributed by atoms with Crippen LogP contribution in [0.4, 0.5) is 0 Å². The minimum Gasteiger partial charge on any atom is -0.452 e. The molecule has 1 atom stereocenters. The highest BCUT2D eigenvalue weighted by atomic mass is 16.5. The normalized spacial score (nSPS) is 17.5. The van der Waals surface area contributed by atoms with Crippen molar-refractivity contribution in [2.75, 3.05) is 13.2 Å². The van der Waals surface area contributed by atoms with E-state index in [9.17, 15) is 9.59 Å². The lowest BCUT2D eigenvalue weighted by atomic mass is 10.1. The molecule has 0 radical (unpaired) electrons. The highest BCUT2D eigenvalue weighted by Crippen LogP contribution is 2.28. The van der Waals surface area contributed by atoms with Crippen LogP contribution in [0.25, 0.3) is 10.9 Å². The van der Waals surface area contributed by atoms with Crippen LogP contribution in [0.3, 0.4) is 0 Å². The van der Waals surface area contributed by atoms with E-state index in [-0.39, 0.29) is 30.9 Å². The Bertz CT molecular complexity index is 785. The van der Waals surface area contributed by atoms with Gasteiger partial charge in [-0.15, -0.1) is 6.42 Å². The fraction of sp³-hybridized carbons (Fsp3) is 0.333. The lowest BCUT2D eigenvalue weighted by molar-refractivity contribution is -0.141. The Hall–Kier alpha value is -2.74. The molecule has 5 nitrogen and oxygen atoms in total. The van der Waals surface area contributed by atoms with Gasteiger partial charge in [0, 0.05) is 23.6 Å². The molecule has 0 bridgehead atoms. The maximum atomic E-state index is 12.2. The van der Waals surface area contributed by atoms with Gasteiger partial charge in [0.1, 0.15) is 6.04 Å². The van der Waals surface area contributed by atoms with Crippen LogP contribution in [0.2, 0.25) is 0 Å². The van der Waals surface area contributed by atoms with Crippen molar-refractivity contribution >= 4 is 22.8 Å². The smallest absolute Gasteiger partial charge is 0.311 e. The summed E-state index contributed by atoms with van der Waals surface area (Å²) in [7, 11) is 0. The second-order valence-corrected chi connectivity index (χ2v) is 5.57. The maximum Gasteiger partial charge on any atom is 0.311 e. The Balaban J connectivity index is 1.95. The fourth-order valence-corrected chi connectivity index (χ4v) is 3.03. The lowest BCUT2D eigenvalue weighted by Crippen LogP contribution is -2.37. The number of aromatic nitrogens is 1. The van der Waals surface area contributed by atoms with E-state index in [1.807, 2.05) is 35.0 Å². The van der Waals surface area contributed by atoms with Crippen LogP contribution in [-0.4, -0.2) is 29.6 Å². The number of fused-ring (bicyclic) bond motifs is 1. The molecule has 1 aromatic heterocycles. The molecule has 1 aromatic carbocycles. The van der Waals surface area contributed by atoms with Gasteiger partial charge < -0.3 is 14.6 Å². The summed E-state index contributed by atoms with van der Waals surface area (Å²) in [5.74, 6) is 1.95. The number of para-hydroxylation sites is 1. The van der Waals surface area contributed by atoms with Crippen LogP contribution in [0.15, 0.2) is 30.5 Å². The standard InChI is InChI=1S/C18H18N2O3/c1-2-10-23-17(21)11-13-12-20(15-7-4-3-6-14(13)15)16-8-5-9-19-18(16)22/h1,3-4,6-7,12,16H,5,8-11H2,(H,19,22). The van der Waals surface area contributed by atoms with E-state index in [2.05, 4.69) is 11.2 Å². The molecular weight excluding hydrogens is 292 g/mol. The highest BCUT2D eigenvalue weighted by molar-refractivity contribution is 5.90. The van der Waals surface area contributed by atoms with Crippen LogP contribution in [0.1, 0.15) is 24.4 Å². The molecule has 1 saturated heterocycles. The predicted octanol–water partition coefficient (Wildman–Crippen LogP) is 1.81. The van der Waals surface area contributed by atoms with Gasteiger partial charge in [-0.1, -0.05) is 24.1 Å². The van der Waals surface area contributed by atoms with Gasteiger partial charge in [-0.25, -0.2) is 0 Å². The molecule has 5 heteroatoms. The summed E-state index contributed by atoms with van der Waals surface area (Å²) in [4.78, 5) is 24.0. The lowest BCUT2D eigenvalue weighted by Gasteiger charge is -2.24. The zero-order chi connectivity index (χ0) is 16.2. The molecule has 1 amide bonds. The Morgan fingerprint density at radius 3 is 3.04 bits per heavy atom. The summed E-state index contributed by atoms with van der Waals surface area (Å²) in [5.41, 5.74) is 1.80. The Morgan fingerprint density at radius 1 is 1.43 bits per heavy atom. The second-order valence-electron chi connectivity index (χ2n) is 5.57. The summed E-state index contributed by atoms with van der Waals surface area (Å²) < 4.78 is 6.92. The number of esters is 1. The SMILES string of the molecule is C#CCOC(=O)Cc1cn(C2CCCNC2=O)c2ccccc12. The Kier molecular flexibility index (Phi) is 4.33. The van der Waals surface area contributed by atoms with E-state index in [1.165, 1.54) is 0 Å². The molecule has 1 unspecified atom stereocenters. The molecule has 1 fully saturated rings. The molecule has 1 aliphatic rings. The van der Waals surface area contributed by atoms with E-state index in [4.69, 9.17) is 11.2 Å². The van der Waals surface area contributed by atoms with Crippen LogP contribution in [0.5, 0.6) is 0 Å². The van der Waals surface area contributed by atoms with Gasteiger partial charge in [0.2, 0.25) is 5.91 Å². The number of ether oxygens (including phenoxy) is 1. The van der Waals surface area contributed by atoms with E-state index in [0.29, 0.717) is 0 Å². The van der Waals surface area contributed by atoms with Gasteiger partial charge in [0.25, 0.3) is 0 Å². The van der Waals surface area contributed by atoms with Crippen LogP contribution in [0, 0.1) is 12.3 Å². The average molecular weight is 310 g/mol. The monoisotopic (exact) mass is 310 g/mol. The molecule has 23 heavy (non-hydrogen) atoms. The minimum atomic E-state index is -0.362. The summed E-state index contributed by atoms with van der Waals surface area (Å²) in [6.45, 7) is 0.697. The molecular formula is C18H18N2O3. The summed E-state index contributed by atoms with van der Waals surface area (Å²) in [5, 5.41) is 3.86. The van der Waals surface area contributed by atoms with Gasteiger partial charge >= 0.3 is 5.97 Å². The summed E-state index contributed by atoms with van der Waals surface area (Å²) >= 11 is 0. The van der Waals surface area contributed by atoms with Gasteiger partial charge in [-0.3, -0.25) is 9.59 Å². The predicted molar refractivity (Wildman–Crippen MR) is 86.7 cm³/mol. The molecule has 118 valence electrons. The van der Waals surface area contributed by atoms with Crippen molar-refractivity contribution in [1.29, 1.82) is 0 Å². The van der Waals surface area contributed by atoms with E-state index in [1.54, 1.807) is 0 Å². The first-order valence-corrected chi connectivity index (χ1v) is 7.66. The van der Waals surface area contributed by atoms with E-state index in [0.717, 1.165) is 35.9 Å². The summed E-state index contributed by atoms with van der Waals surface area (Å²) in [6, 6.07) is 7.54. The van der Waals surface area contributed by atoms with Gasteiger partial charge in [-0.05, 0) is 24.5 Å². The zero-order valence-corrected chi connectivity index (χ0v) is 12.7.